The lowest BCUT2D eigenvalue weighted by Gasteiger charge is -2.16. The number of aromatic nitrogens is 4. The molecule has 1 unspecified atom stereocenters. The summed E-state index contributed by atoms with van der Waals surface area (Å²) in [6.07, 6.45) is 5.55. The van der Waals surface area contributed by atoms with Gasteiger partial charge in [-0.3, -0.25) is 19.7 Å². The fourth-order valence-corrected chi connectivity index (χ4v) is 2.53. The van der Waals surface area contributed by atoms with Crippen molar-refractivity contribution in [2.24, 2.45) is 0 Å². The predicted octanol–water partition coefficient (Wildman–Crippen LogP) is 0.768. The highest BCUT2D eigenvalue weighted by molar-refractivity contribution is 5.41. The van der Waals surface area contributed by atoms with Gasteiger partial charge in [-0.2, -0.15) is 5.10 Å². The molecule has 1 saturated heterocycles. The minimum Gasteiger partial charge on any atom is -0.366 e. The molecule has 0 bridgehead atoms. The summed E-state index contributed by atoms with van der Waals surface area (Å²) in [6.45, 7) is 3.68. The number of anilines is 1. The van der Waals surface area contributed by atoms with Gasteiger partial charge in [0.2, 0.25) is 0 Å². The fourth-order valence-electron chi connectivity index (χ4n) is 2.53. The first-order valence-electron chi connectivity index (χ1n) is 7.12. The maximum atomic E-state index is 10.6. The van der Waals surface area contributed by atoms with Gasteiger partial charge in [0.25, 0.3) is 5.69 Å². The van der Waals surface area contributed by atoms with Crippen LogP contribution < -0.4 is 5.32 Å². The molecule has 0 aliphatic carbocycles. The third kappa shape index (κ3) is 3.55. The second-order valence-corrected chi connectivity index (χ2v) is 5.25. The average Bonchev–Trinajstić information content (AvgIpc) is 3.17. The van der Waals surface area contributed by atoms with E-state index in [2.05, 4.69) is 25.3 Å². The Morgan fingerprint density at radius 2 is 2.32 bits per heavy atom. The summed E-state index contributed by atoms with van der Waals surface area (Å²) in [4.78, 5) is 20.5. The van der Waals surface area contributed by atoms with Gasteiger partial charge in [-0.15, -0.1) is 0 Å². The molecule has 0 amide bonds. The number of likely N-dealkylation sites (tertiary alicyclic amines) is 1. The van der Waals surface area contributed by atoms with Gasteiger partial charge in [-0.1, -0.05) is 0 Å². The standard InChI is InChI=1S/C13H17N7O2/c21-20(22)12-1-2-13(15-7-12)17-11-3-4-18(8-11)5-6-19-10-14-9-16-19/h1-2,7,9-11H,3-6,8H2,(H,15,17). The zero-order valence-electron chi connectivity index (χ0n) is 12.0. The van der Waals surface area contributed by atoms with Crippen LogP contribution in [0.4, 0.5) is 11.5 Å². The van der Waals surface area contributed by atoms with Crippen molar-refractivity contribution in [3.05, 3.63) is 41.1 Å². The monoisotopic (exact) mass is 303 g/mol. The van der Waals surface area contributed by atoms with Crippen molar-refractivity contribution in [3.63, 3.8) is 0 Å². The Bertz CT molecular complexity index is 614. The van der Waals surface area contributed by atoms with Crippen molar-refractivity contribution in [3.8, 4) is 0 Å². The first-order valence-corrected chi connectivity index (χ1v) is 7.12. The van der Waals surface area contributed by atoms with Crippen LogP contribution in [0.3, 0.4) is 0 Å². The van der Waals surface area contributed by atoms with Crippen LogP contribution in [-0.2, 0) is 6.54 Å². The zero-order chi connectivity index (χ0) is 15.4. The summed E-state index contributed by atoms with van der Waals surface area (Å²) in [5.41, 5.74) is 0.00595. The maximum absolute atomic E-state index is 10.6. The van der Waals surface area contributed by atoms with Crippen molar-refractivity contribution >= 4 is 11.5 Å². The van der Waals surface area contributed by atoms with E-state index in [-0.39, 0.29) is 5.69 Å². The first-order chi connectivity index (χ1) is 10.7. The Morgan fingerprint density at radius 3 is 3.00 bits per heavy atom. The lowest BCUT2D eigenvalue weighted by molar-refractivity contribution is -0.385. The molecular formula is C13H17N7O2. The van der Waals surface area contributed by atoms with Crippen LogP contribution in [-0.4, -0.2) is 55.2 Å². The summed E-state index contributed by atoms with van der Waals surface area (Å²) in [5.74, 6) is 0.675. The molecule has 116 valence electrons. The van der Waals surface area contributed by atoms with Gasteiger partial charge in [0.15, 0.2) is 0 Å². The zero-order valence-corrected chi connectivity index (χ0v) is 12.0. The molecule has 22 heavy (non-hydrogen) atoms. The van der Waals surface area contributed by atoms with Crippen molar-refractivity contribution in [2.45, 2.75) is 19.0 Å². The molecule has 2 aromatic rings. The van der Waals surface area contributed by atoms with Gasteiger partial charge in [0, 0.05) is 31.7 Å². The molecule has 0 aromatic carbocycles. The summed E-state index contributed by atoms with van der Waals surface area (Å²) in [5, 5.41) is 18.0. The van der Waals surface area contributed by atoms with Crippen LogP contribution in [0.15, 0.2) is 31.0 Å². The second kappa shape index (κ2) is 6.48. The number of nitrogens with zero attached hydrogens (tertiary/aromatic N) is 6. The largest absolute Gasteiger partial charge is 0.366 e. The van der Waals surface area contributed by atoms with Crippen molar-refractivity contribution in [2.75, 3.05) is 25.0 Å². The maximum Gasteiger partial charge on any atom is 0.287 e. The topological polar surface area (TPSA) is 102 Å². The average molecular weight is 303 g/mol. The molecule has 0 spiro atoms. The normalized spacial score (nSPS) is 18.5. The Kier molecular flexibility index (Phi) is 4.24. The van der Waals surface area contributed by atoms with Gasteiger partial charge in [0.1, 0.15) is 24.7 Å². The molecule has 2 aromatic heterocycles. The number of hydrogen-bond acceptors (Lipinski definition) is 7. The van der Waals surface area contributed by atoms with E-state index in [1.54, 1.807) is 12.4 Å². The Morgan fingerprint density at radius 1 is 1.41 bits per heavy atom. The van der Waals surface area contributed by atoms with Crippen molar-refractivity contribution < 1.29 is 4.92 Å². The summed E-state index contributed by atoms with van der Waals surface area (Å²) in [6, 6.07) is 3.42. The summed E-state index contributed by atoms with van der Waals surface area (Å²) < 4.78 is 1.82. The van der Waals surface area contributed by atoms with Crippen molar-refractivity contribution in [1.29, 1.82) is 0 Å². The van der Waals surface area contributed by atoms with E-state index in [0.29, 0.717) is 11.9 Å². The minimum absolute atomic E-state index is 0.00595. The van der Waals surface area contributed by atoms with E-state index in [4.69, 9.17) is 0 Å². The van der Waals surface area contributed by atoms with E-state index in [1.807, 2.05) is 4.68 Å². The molecular weight excluding hydrogens is 286 g/mol. The van der Waals surface area contributed by atoms with E-state index in [0.717, 1.165) is 32.6 Å². The van der Waals surface area contributed by atoms with E-state index in [9.17, 15) is 10.1 Å². The van der Waals surface area contributed by atoms with Gasteiger partial charge in [0.05, 0.1) is 11.5 Å². The third-order valence-electron chi connectivity index (χ3n) is 3.69. The molecule has 3 rings (SSSR count). The number of rotatable bonds is 6. The molecule has 0 saturated carbocycles. The van der Waals surface area contributed by atoms with Crippen LogP contribution in [0.1, 0.15) is 6.42 Å². The number of pyridine rings is 1. The quantitative estimate of drug-likeness (QED) is 0.621. The van der Waals surface area contributed by atoms with E-state index in [1.165, 1.54) is 18.6 Å². The smallest absolute Gasteiger partial charge is 0.287 e. The molecule has 3 heterocycles. The molecule has 1 aliphatic heterocycles. The Balaban J connectivity index is 1.47. The summed E-state index contributed by atoms with van der Waals surface area (Å²) in [7, 11) is 0. The van der Waals surface area contributed by atoms with Crippen LogP contribution in [0, 0.1) is 10.1 Å². The molecule has 1 aliphatic rings. The highest BCUT2D eigenvalue weighted by Gasteiger charge is 2.22. The Labute approximate surface area is 127 Å². The highest BCUT2D eigenvalue weighted by atomic mass is 16.6. The van der Waals surface area contributed by atoms with Gasteiger partial charge >= 0.3 is 0 Å². The second-order valence-electron chi connectivity index (χ2n) is 5.25. The predicted molar refractivity (Wildman–Crippen MR) is 79.4 cm³/mol. The van der Waals surface area contributed by atoms with Gasteiger partial charge in [-0.25, -0.2) is 9.97 Å². The highest BCUT2D eigenvalue weighted by Crippen LogP contribution is 2.16. The van der Waals surface area contributed by atoms with Gasteiger partial charge < -0.3 is 5.32 Å². The molecule has 1 atom stereocenters. The van der Waals surface area contributed by atoms with Crippen LogP contribution in [0.25, 0.3) is 0 Å². The summed E-state index contributed by atoms with van der Waals surface area (Å²) >= 11 is 0. The number of nitrogens with one attached hydrogen (secondary N) is 1. The molecule has 9 nitrogen and oxygen atoms in total. The SMILES string of the molecule is O=[N+]([O-])c1ccc(NC2CCN(CCn3cncn3)C2)nc1. The van der Waals surface area contributed by atoms with Gasteiger partial charge in [-0.05, 0) is 12.5 Å². The van der Waals surface area contributed by atoms with Crippen LogP contribution in [0.5, 0.6) is 0 Å². The lowest BCUT2D eigenvalue weighted by Crippen LogP contribution is -2.29. The fraction of sp³-hybridized carbons (Fsp3) is 0.462. The van der Waals surface area contributed by atoms with E-state index >= 15 is 0 Å². The van der Waals surface area contributed by atoms with Crippen LogP contribution >= 0.6 is 0 Å². The molecule has 1 fully saturated rings. The van der Waals surface area contributed by atoms with Crippen molar-refractivity contribution in [1.82, 2.24) is 24.6 Å². The third-order valence-corrected chi connectivity index (χ3v) is 3.69. The Hall–Kier alpha value is -2.55. The number of hydrogen-bond donors (Lipinski definition) is 1. The molecule has 9 heteroatoms. The number of nitro groups is 1. The van der Waals surface area contributed by atoms with Crippen LogP contribution in [0.2, 0.25) is 0 Å². The minimum atomic E-state index is -0.446. The lowest BCUT2D eigenvalue weighted by atomic mass is 10.2. The molecule has 1 N–H and O–H groups in total. The molecule has 0 radical (unpaired) electrons. The van der Waals surface area contributed by atoms with E-state index < -0.39 is 4.92 Å². The first kappa shape index (κ1) is 14.4.